The maximum Gasteiger partial charge on any atom is 0.220 e. The van der Waals surface area contributed by atoms with Crippen molar-refractivity contribution in [2.75, 3.05) is 26.3 Å². The summed E-state index contributed by atoms with van der Waals surface area (Å²) >= 11 is 0. The van der Waals surface area contributed by atoms with E-state index in [-0.39, 0.29) is 19.3 Å². The summed E-state index contributed by atoms with van der Waals surface area (Å²) in [4.78, 5) is 23.4. The van der Waals surface area contributed by atoms with Crippen molar-refractivity contribution in [1.29, 1.82) is 0 Å². The van der Waals surface area contributed by atoms with Gasteiger partial charge in [0, 0.05) is 25.9 Å². The lowest BCUT2D eigenvalue weighted by Gasteiger charge is -2.25. The number of rotatable bonds is 16. The van der Waals surface area contributed by atoms with E-state index in [4.69, 9.17) is 10.2 Å². The molecule has 14 heteroatoms. The van der Waals surface area contributed by atoms with Crippen molar-refractivity contribution in [2.45, 2.75) is 68.1 Å². The summed E-state index contributed by atoms with van der Waals surface area (Å²) < 4.78 is 0. The molecule has 12 N–H and O–H groups in total. The van der Waals surface area contributed by atoms with Gasteiger partial charge in [-0.1, -0.05) is 0 Å². The highest BCUT2D eigenvalue weighted by Crippen LogP contribution is 2.06. The molecule has 0 aliphatic heterocycles. The number of hydrogen-bond acceptors (Lipinski definition) is 12. The first-order valence-corrected chi connectivity index (χ1v) is 9.65. The first kappa shape index (κ1) is 29.5. The Morgan fingerprint density at radius 1 is 0.548 bits per heavy atom. The Balaban J connectivity index is 4.12. The van der Waals surface area contributed by atoms with Crippen molar-refractivity contribution in [3.05, 3.63) is 0 Å². The van der Waals surface area contributed by atoms with Crippen LogP contribution in [0.4, 0.5) is 0 Å². The molecule has 0 aromatic rings. The molecule has 0 aromatic carbocycles. The number of amides is 2. The van der Waals surface area contributed by atoms with E-state index in [0.29, 0.717) is 0 Å². The van der Waals surface area contributed by atoms with Crippen molar-refractivity contribution in [2.24, 2.45) is 0 Å². The van der Waals surface area contributed by atoms with Crippen LogP contribution in [0.3, 0.4) is 0 Å². The highest BCUT2D eigenvalue weighted by molar-refractivity contribution is 5.78. The van der Waals surface area contributed by atoms with Gasteiger partial charge in [0.1, 0.15) is 36.6 Å². The molecular weight excluding hydrogens is 424 g/mol. The second-order valence-electron chi connectivity index (χ2n) is 7.06. The van der Waals surface area contributed by atoms with Crippen LogP contribution in [0, 0.1) is 0 Å². The zero-order valence-electron chi connectivity index (χ0n) is 16.9. The normalized spacial score (nSPS) is 19.4. The summed E-state index contributed by atoms with van der Waals surface area (Å²) in [5, 5.41) is 97.8. The average molecular weight is 458 g/mol. The molecule has 0 aromatic heterocycles. The molecule has 0 spiro atoms. The molecule has 2 amide bonds. The Morgan fingerprint density at radius 2 is 0.839 bits per heavy atom. The van der Waals surface area contributed by atoms with E-state index >= 15 is 0 Å². The van der Waals surface area contributed by atoms with Gasteiger partial charge >= 0.3 is 0 Å². The van der Waals surface area contributed by atoms with Crippen LogP contribution in [0.2, 0.25) is 0 Å². The Labute approximate surface area is 178 Å². The zero-order valence-corrected chi connectivity index (χ0v) is 16.9. The lowest BCUT2D eigenvalue weighted by molar-refractivity contribution is -0.127. The van der Waals surface area contributed by atoms with Gasteiger partial charge in [0.05, 0.1) is 25.4 Å². The fourth-order valence-corrected chi connectivity index (χ4v) is 2.39. The predicted octanol–water partition coefficient (Wildman–Crippen LogP) is -6.74. The summed E-state index contributed by atoms with van der Waals surface area (Å²) in [6, 6.07) is 0. The smallest absolute Gasteiger partial charge is 0.220 e. The number of carbonyl (C=O) groups is 2. The third-order valence-corrected chi connectivity index (χ3v) is 4.48. The molecule has 0 rings (SSSR count). The molecule has 0 saturated heterocycles. The van der Waals surface area contributed by atoms with Crippen LogP contribution in [0.1, 0.15) is 19.3 Å². The second kappa shape index (κ2) is 15.4. The number of hydrogen-bond donors (Lipinski definition) is 12. The van der Waals surface area contributed by atoms with Gasteiger partial charge in [0.2, 0.25) is 11.8 Å². The molecule has 0 bridgehead atoms. The SMILES string of the molecule is O=C(CCCC(=O)NC[C@H](O)[C@@H](O)[C@H](O)[C@H](O)CO)NC[C@H](O)[C@@H](O)[C@H](O)[C@H](O)CO. The average Bonchev–Trinajstić information content (AvgIpc) is 2.77. The van der Waals surface area contributed by atoms with Gasteiger partial charge in [-0.2, -0.15) is 0 Å². The largest absolute Gasteiger partial charge is 0.394 e. The maximum absolute atomic E-state index is 11.7. The van der Waals surface area contributed by atoms with Crippen molar-refractivity contribution in [1.82, 2.24) is 10.6 Å². The third kappa shape index (κ3) is 11.1. The van der Waals surface area contributed by atoms with Gasteiger partial charge < -0.3 is 61.7 Å². The highest BCUT2D eigenvalue weighted by atomic mass is 16.4. The van der Waals surface area contributed by atoms with Gasteiger partial charge in [-0.15, -0.1) is 0 Å². The molecule has 184 valence electrons. The van der Waals surface area contributed by atoms with E-state index in [0.717, 1.165) is 0 Å². The monoisotopic (exact) mass is 458 g/mol. The molecule has 0 saturated carbocycles. The third-order valence-electron chi connectivity index (χ3n) is 4.48. The van der Waals surface area contributed by atoms with Crippen molar-refractivity contribution < 1.29 is 60.7 Å². The van der Waals surface area contributed by atoms with E-state index in [9.17, 15) is 50.4 Å². The molecule has 0 aliphatic carbocycles. The van der Waals surface area contributed by atoms with Gasteiger partial charge in [-0.25, -0.2) is 0 Å². The summed E-state index contributed by atoms with van der Waals surface area (Å²) in [6.07, 6.45) is -14.0. The highest BCUT2D eigenvalue weighted by Gasteiger charge is 2.31. The van der Waals surface area contributed by atoms with E-state index in [1.54, 1.807) is 0 Å². The molecule has 8 atom stereocenters. The molecule has 0 unspecified atom stereocenters. The van der Waals surface area contributed by atoms with Gasteiger partial charge in [-0.3, -0.25) is 9.59 Å². The molecule has 31 heavy (non-hydrogen) atoms. The fourth-order valence-electron chi connectivity index (χ4n) is 2.39. The van der Waals surface area contributed by atoms with Crippen LogP contribution in [-0.4, -0.2) is 138 Å². The van der Waals surface area contributed by atoms with Crippen LogP contribution in [0.5, 0.6) is 0 Å². The number of aliphatic hydroxyl groups excluding tert-OH is 10. The van der Waals surface area contributed by atoms with E-state index in [1.807, 2.05) is 0 Å². The first-order chi connectivity index (χ1) is 14.5. The first-order valence-electron chi connectivity index (χ1n) is 9.65. The van der Waals surface area contributed by atoms with Crippen LogP contribution in [0.25, 0.3) is 0 Å². The van der Waals surface area contributed by atoms with Crippen LogP contribution in [0.15, 0.2) is 0 Å². The Morgan fingerprint density at radius 3 is 1.13 bits per heavy atom. The molecule has 0 fully saturated rings. The quantitative estimate of drug-likeness (QED) is 0.103. The molecular formula is C17H34N2O12. The van der Waals surface area contributed by atoms with Crippen molar-refractivity contribution in [3.63, 3.8) is 0 Å². The Hall–Kier alpha value is -1.46. The molecule has 0 heterocycles. The minimum atomic E-state index is -1.82. The molecule has 0 aliphatic rings. The molecule has 0 radical (unpaired) electrons. The number of carbonyl (C=O) groups excluding carboxylic acids is 2. The lowest BCUT2D eigenvalue weighted by Crippen LogP contribution is -2.49. The standard InChI is InChI=1S/C17H34N2O12/c20-6-10(24)16(30)14(28)8(22)4-18-12(26)2-1-3-13(27)19-5-9(23)15(29)17(31)11(25)7-21/h8-11,14-17,20-25,28-31H,1-7H2,(H,18,26)(H,19,27)/t8-,9-,10+,11+,14+,15+,16+,17+/m0/s1. The van der Waals surface area contributed by atoms with Crippen molar-refractivity contribution in [3.8, 4) is 0 Å². The minimum Gasteiger partial charge on any atom is -0.394 e. The van der Waals surface area contributed by atoms with Gasteiger partial charge in [0.25, 0.3) is 0 Å². The van der Waals surface area contributed by atoms with Crippen LogP contribution >= 0.6 is 0 Å². The number of aliphatic hydroxyl groups is 10. The fraction of sp³-hybridized carbons (Fsp3) is 0.882. The van der Waals surface area contributed by atoms with Crippen molar-refractivity contribution >= 4 is 11.8 Å². The lowest BCUT2D eigenvalue weighted by atomic mass is 10.0. The maximum atomic E-state index is 11.7. The van der Waals surface area contributed by atoms with Gasteiger partial charge in [-0.05, 0) is 6.42 Å². The second-order valence-corrected chi connectivity index (χ2v) is 7.06. The summed E-state index contributed by atoms with van der Waals surface area (Å²) in [5.41, 5.74) is 0. The van der Waals surface area contributed by atoms with Crippen LogP contribution < -0.4 is 10.6 Å². The van der Waals surface area contributed by atoms with E-state index in [1.165, 1.54) is 0 Å². The Bertz CT molecular complexity index is 481. The zero-order chi connectivity index (χ0) is 24.1. The van der Waals surface area contributed by atoms with Gasteiger partial charge in [0.15, 0.2) is 0 Å². The summed E-state index contributed by atoms with van der Waals surface area (Å²) in [5.74, 6) is -1.15. The summed E-state index contributed by atoms with van der Waals surface area (Å²) in [7, 11) is 0. The Kier molecular flexibility index (Phi) is 14.6. The predicted molar refractivity (Wildman–Crippen MR) is 102 cm³/mol. The summed E-state index contributed by atoms with van der Waals surface area (Å²) in [6.45, 7) is -2.57. The minimum absolute atomic E-state index is 0.0761. The van der Waals surface area contributed by atoms with E-state index in [2.05, 4.69) is 10.6 Å². The van der Waals surface area contributed by atoms with Crippen LogP contribution in [-0.2, 0) is 9.59 Å². The number of nitrogens with one attached hydrogen (secondary N) is 2. The van der Waals surface area contributed by atoms with E-state index < -0.39 is 86.9 Å². The topological polar surface area (TPSA) is 260 Å². The molecule has 14 nitrogen and oxygen atoms in total.